The van der Waals surface area contributed by atoms with Gasteiger partial charge in [0.2, 0.25) is 0 Å². The Labute approximate surface area is 184 Å². The zero-order valence-corrected chi connectivity index (χ0v) is 18.3. The molecule has 160 valence electrons. The molecule has 0 saturated carbocycles. The Balaban J connectivity index is 1.33. The van der Waals surface area contributed by atoms with Crippen molar-refractivity contribution in [3.8, 4) is 5.75 Å². The zero-order chi connectivity index (χ0) is 21.6. The molecular formula is C26H29N3O2. The Hall–Kier alpha value is -3.18. The zero-order valence-electron chi connectivity index (χ0n) is 18.3. The molecule has 0 N–H and O–H groups in total. The van der Waals surface area contributed by atoms with Gasteiger partial charge in [-0.3, -0.25) is 14.7 Å². The predicted octanol–water partition coefficient (Wildman–Crippen LogP) is 4.24. The van der Waals surface area contributed by atoms with Gasteiger partial charge in [-0.25, -0.2) is 0 Å². The maximum absolute atomic E-state index is 13.0. The van der Waals surface area contributed by atoms with Gasteiger partial charge in [-0.15, -0.1) is 0 Å². The first-order valence-electron chi connectivity index (χ1n) is 10.8. The largest absolute Gasteiger partial charge is 0.489 e. The van der Waals surface area contributed by atoms with E-state index < -0.39 is 0 Å². The van der Waals surface area contributed by atoms with Crippen LogP contribution in [0.5, 0.6) is 5.75 Å². The van der Waals surface area contributed by atoms with Gasteiger partial charge in [0, 0.05) is 50.7 Å². The number of rotatable bonds is 6. The summed E-state index contributed by atoms with van der Waals surface area (Å²) in [6.07, 6.45) is 3.70. The highest BCUT2D eigenvalue weighted by Crippen LogP contribution is 2.21. The van der Waals surface area contributed by atoms with Crippen LogP contribution in [-0.4, -0.2) is 46.9 Å². The van der Waals surface area contributed by atoms with E-state index in [1.54, 1.807) is 6.20 Å². The number of hydrogen-bond donors (Lipinski definition) is 0. The lowest BCUT2D eigenvalue weighted by atomic mass is 10.1. The lowest BCUT2D eigenvalue weighted by molar-refractivity contribution is 0.0628. The molecular weight excluding hydrogens is 386 g/mol. The van der Waals surface area contributed by atoms with Gasteiger partial charge in [-0.05, 0) is 60.4 Å². The SMILES string of the molecule is Cc1ccc(C)c(OCc2cccc(C(=O)N3CCN(Cc4cccnc4)CC3)c2)c1. The van der Waals surface area contributed by atoms with Crippen molar-refractivity contribution in [3.05, 3.63) is 94.8 Å². The lowest BCUT2D eigenvalue weighted by Crippen LogP contribution is -2.48. The van der Waals surface area contributed by atoms with E-state index >= 15 is 0 Å². The molecule has 4 rings (SSSR count). The molecule has 1 fully saturated rings. The van der Waals surface area contributed by atoms with Crippen molar-refractivity contribution >= 4 is 5.91 Å². The molecule has 0 bridgehead atoms. The van der Waals surface area contributed by atoms with E-state index in [0.29, 0.717) is 6.61 Å². The van der Waals surface area contributed by atoms with Crippen LogP contribution in [0.3, 0.4) is 0 Å². The standard InChI is InChI=1S/C26H29N3O2/c1-20-8-9-21(2)25(15-20)31-19-22-5-3-7-24(16-22)26(30)29-13-11-28(12-14-29)18-23-6-4-10-27-17-23/h3-10,15-17H,11-14,18-19H2,1-2H3. The Morgan fingerprint density at radius 1 is 0.968 bits per heavy atom. The first kappa shape index (κ1) is 21.1. The molecule has 1 amide bonds. The molecule has 2 aromatic carbocycles. The first-order chi connectivity index (χ1) is 15.1. The van der Waals surface area contributed by atoms with Gasteiger partial charge in [0.15, 0.2) is 0 Å². The van der Waals surface area contributed by atoms with E-state index in [-0.39, 0.29) is 5.91 Å². The molecule has 31 heavy (non-hydrogen) atoms. The topological polar surface area (TPSA) is 45.7 Å². The quantitative estimate of drug-likeness (QED) is 0.604. The molecule has 1 aliphatic heterocycles. The fourth-order valence-corrected chi connectivity index (χ4v) is 3.86. The second-order valence-corrected chi connectivity index (χ2v) is 8.19. The summed E-state index contributed by atoms with van der Waals surface area (Å²) < 4.78 is 6.02. The van der Waals surface area contributed by atoms with Crippen LogP contribution in [0.1, 0.15) is 32.6 Å². The highest BCUT2D eigenvalue weighted by molar-refractivity contribution is 5.94. The van der Waals surface area contributed by atoms with Gasteiger partial charge in [0.1, 0.15) is 12.4 Å². The number of carbonyl (C=O) groups is 1. The molecule has 0 spiro atoms. The van der Waals surface area contributed by atoms with Crippen LogP contribution in [0.4, 0.5) is 0 Å². The number of carbonyl (C=O) groups excluding carboxylic acids is 1. The number of ether oxygens (including phenoxy) is 1. The van der Waals surface area contributed by atoms with Crippen molar-refractivity contribution in [2.45, 2.75) is 27.0 Å². The van der Waals surface area contributed by atoms with Gasteiger partial charge in [-0.2, -0.15) is 0 Å². The Morgan fingerprint density at radius 3 is 2.55 bits per heavy atom. The Kier molecular flexibility index (Phi) is 6.63. The van der Waals surface area contributed by atoms with E-state index in [1.807, 2.05) is 48.4 Å². The summed E-state index contributed by atoms with van der Waals surface area (Å²) in [7, 11) is 0. The van der Waals surface area contributed by atoms with Gasteiger partial charge in [-0.1, -0.05) is 30.3 Å². The minimum absolute atomic E-state index is 0.0922. The third kappa shape index (κ3) is 5.50. The molecule has 1 saturated heterocycles. The van der Waals surface area contributed by atoms with E-state index in [0.717, 1.165) is 55.2 Å². The number of benzene rings is 2. The van der Waals surface area contributed by atoms with Crippen LogP contribution in [0.15, 0.2) is 67.0 Å². The van der Waals surface area contributed by atoms with Crippen LogP contribution < -0.4 is 4.74 Å². The number of aryl methyl sites for hydroxylation is 2. The number of hydrogen-bond acceptors (Lipinski definition) is 4. The minimum atomic E-state index is 0.0922. The van der Waals surface area contributed by atoms with E-state index in [1.165, 1.54) is 11.1 Å². The van der Waals surface area contributed by atoms with Crippen LogP contribution >= 0.6 is 0 Å². The van der Waals surface area contributed by atoms with Crippen molar-refractivity contribution < 1.29 is 9.53 Å². The van der Waals surface area contributed by atoms with Crippen molar-refractivity contribution in [3.63, 3.8) is 0 Å². The summed E-state index contributed by atoms with van der Waals surface area (Å²) in [6, 6.07) is 18.1. The lowest BCUT2D eigenvalue weighted by Gasteiger charge is -2.34. The minimum Gasteiger partial charge on any atom is -0.489 e. The molecule has 2 heterocycles. The fraction of sp³-hybridized carbons (Fsp3) is 0.308. The van der Waals surface area contributed by atoms with E-state index in [9.17, 15) is 4.79 Å². The normalized spacial score (nSPS) is 14.5. The molecule has 5 nitrogen and oxygen atoms in total. The summed E-state index contributed by atoms with van der Waals surface area (Å²) in [5.41, 5.74) is 5.22. The maximum atomic E-state index is 13.0. The second kappa shape index (κ2) is 9.75. The number of amides is 1. The molecule has 5 heteroatoms. The molecule has 0 aliphatic carbocycles. The summed E-state index contributed by atoms with van der Waals surface area (Å²) in [6.45, 7) is 8.65. The van der Waals surface area contributed by atoms with Gasteiger partial charge in [0.05, 0.1) is 0 Å². The molecule has 1 aliphatic rings. The van der Waals surface area contributed by atoms with Crippen molar-refractivity contribution in [2.24, 2.45) is 0 Å². The number of pyridine rings is 1. The maximum Gasteiger partial charge on any atom is 0.253 e. The monoisotopic (exact) mass is 415 g/mol. The smallest absolute Gasteiger partial charge is 0.253 e. The molecule has 1 aromatic heterocycles. The number of aromatic nitrogens is 1. The number of nitrogens with zero attached hydrogens (tertiary/aromatic N) is 3. The fourth-order valence-electron chi connectivity index (χ4n) is 3.86. The van der Waals surface area contributed by atoms with Crippen molar-refractivity contribution in [1.29, 1.82) is 0 Å². The summed E-state index contributed by atoms with van der Waals surface area (Å²) in [5, 5.41) is 0. The summed E-state index contributed by atoms with van der Waals surface area (Å²) in [4.78, 5) is 21.5. The highest BCUT2D eigenvalue weighted by atomic mass is 16.5. The third-order valence-corrected chi connectivity index (χ3v) is 5.70. The number of piperazine rings is 1. The van der Waals surface area contributed by atoms with E-state index in [2.05, 4.69) is 41.1 Å². The third-order valence-electron chi connectivity index (χ3n) is 5.70. The predicted molar refractivity (Wildman–Crippen MR) is 122 cm³/mol. The van der Waals surface area contributed by atoms with Crippen LogP contribution in [0.25, 0.3) is 0 Å². The van der Waals surface area contributed by atoms with Crippen LogP contribution in [0, 0.1) is 13.8 Å². The van der Waals surface area contributed by atoms with Crippen molar-refractivity contribution in [2.75, 3.05) is 26.2 Å². The molecule has 0 radical (unpaired) electrons. The van der Waals surface area contributed by atoms with Crippen LogP contribution in [0.2, 0.25) is 0 Å². The highest BCUT2D eigenvalue weighted by Gasteiger charge is 2.22. The summed E-state index contributed by atoms with van der Waals surface area (Å²) >= 11 is 0. The van der Waals surface area contributed by atoms with Gasteiger partial charge < -0.3 is 9.64 Å². The van der Waals surface area contributed by atoms with E-state index in [4.69, 9.17) is 4.74 Å². The van der Waals surface area contributed by atoms with Gasteiger partial charge in [0.25, 0.3) is 5.91 Å². The Morgan fingerprint density at radius 2 is 1.77 bits per heavy atom. The van der Waals surface area contributed by atoms with Gasteiger partial charge >= 0.3 is 0 Å². The second-order valence-electron chi connectivity index (χ2n) is 8.19. The molecule has 0 unspecified atom stereocenters. The average molecular weight is 416 g/mol. The molecule has 3 aromatic rings. The first-order valence-corrected chi connectivity index (χ1v) is 10.8. The van der Waals surface area contributed by atoms with Crippen LogP contribution in [-0.2, 0) is 13.2 Å². The Bertz CT molecular complexity index is 1030. The summed E-state index contributed by atoms with van der Waals surface area (Å²) in [5.74, 6) is 0.982. The average Bonchev–Trinajstić information content (AvgIpc) is 2.80. The van der Waals surface area contributed by atoms with Crippen molar-refractivity contribution in [1.82, 2.24) is 14.8 Å². The molecule has 0 atom stereocenters.